The van der Waals surface area contributed by atoms with Crippen LogP contribution in [0.1, 0.15) is 18.1 Å². The maximum Gasteiger partial charge on any atom is 0.242 e. The third-order valence-electron chi connectivity index (χ3n) is 2.75. The fourth-order valence-electron chi connectivity index (χ4n) is 1.66. The molecule has 102 valence electrons. The summed E-state index contributed by atoms with van der Waals surface area (Å²) in [7, 11) is 1.58. The Balaban J connectivity index is 2.69. The first kappa shape index (κ1) is 15.0. The summed E-state index contributed by atoms with van der Waals surface area (Å²) in [4.78, 5) is 11.8. The van der Waals surface area contributed by atoms with Crippen molar-refractivity contribution in [3.8, 4) is 6.07 Å². The van der Waals surface area contributed by atoms with Gasteiger partial charge in [0.05, 0.1) is 17.9 Å². The molecule has 0 saturated carbocycles. The molecule has 0 fully saturated rings. The SMILES string of the molecule is COCCNC(=O)C(C)Nc1c(C)cccc1C#N. The van der Waals surface area contributed by atoms with Gasteiger partial charge in [0.15, 0.2) is 0 Å². The van der Waals surface area contributed by atoms with Crippen LogP contribution < -0.4 is 10.6 Å². The van der Waals surface area contributed by atoms with Crippen molar-refractivity contribution in [2.24, 2.45) is 0 Å². The van der Waals surface area contributed by atoms with Gasteiger partial charge in [-0.1, -0.05) is 12.1 Å². The van der Waals surface area contributed by atoms with E-state index in [0.29, 0.717) is 24.4 Å². The number of rotatable bonds is 6. The lowest BCUT2D eigenvalue weighted by Crippen LogP contribution is -2.39. The van der Waals surface area contributed by atoms with E-state index < -0.39 is 6.04 Å². The standard InChI is InChI=1S/C14H19N3O2/c1-10-5-4-6-12(9-15)13(10)17-11(2)14(18)16-7-8-19-3/h4-6,11,17H,7-8H2,1-3H3,(H,16,18). The second kappa shape index (κ2) is 7.39. The minimum atomic E-state index is -0.412. The Bertz CT molecular complexity index is 480. The highest BCUT2D eigenvalue weighted by molar-refractivity contribution is 5.85. The van der Waals surface area contributed by atoms with Crippen LogP contribution in [0.15, 0.2) is 18.2 Å². The van der Waals surface area contributed by atoms with Gasteiger partial charge >= 0.3 is 0 Å². The second-order valence-electron chi connectivity index (χ2n) is 4.26. The smallest absolute Gasteiger partial charge is 0.242 e. The number of carbonyl (C=O) groups is 1. The summed E-state index contributed by atoms with van der Waals surface area (Å²) in [6, 6.07) is 7.16. The number of para-hydroxylation sites is 1. The van der Waals surface area contributed by atoms with E-state index in [0.717, 1.165) is 5.56 Å². The maximum absolute atomic E-state index is 11.8. The number of benzene rings is 1. The predicted molar refractivity (Wildman–Crippen MR) is 73.9 cm³/mol. The topological polar surface area (TPSA) is 74.2 Å². The molecule has 1 unspecified atom stereocenters. The van der Waals surface area contributed by atoms with Crippen molar-refractivity contribution in [3.63, 3.8) is 0 Å². The van der Waals surface area contributed by atoms with Gasteiger partial charge in [-0.05, 0) is 25.5 Å². The highest BCUT2D eigenvalue weighted by Gasteiger charge is 2.14. The van der Waals surface area contributed by atoms with Crippen LogP contribution in [-0.2, 0) is 9.53 Å². The number of aryl methyl sites for hydroxylation is 1. The minimum Gasteiger partial charge on any atom is -0.383 e. The van der Waals surface area contributed by atoms with E-state index in [1.807, 2.05) is 19.1 Å². The Morgan fingerprint density at radius 2 is 2.26 bits per heavy atom. The molecular weight excluding hydrogens is 242 g/mol. The lowest BCUT2D eigenvalue weighted by molar-refractivity contribution is -0.121. The molecule has 0 heterocycles. The van der Waals surface area contributed by atoms with Gasteiger partial charge in [0.1, 0.15) is 12.1 Å². The largest absolute Gasteiger partial charge is 0.383 e. The summed E-state index contributed by atoms with van der Waals surface area (Å²) < 4.78 is 4.87. The molecule has 1 amide bonds. The Labute approximate surface area is 113 Å². The average Bonchev–Trinajstić information content (AvgIpc) is 2.41. The van der Waals surface area contributed by atoms with Crippen LogP contribution in [0, 0.1) is 18.3 Å². The van der Waals surface area contributed by atoms with Crippen LogP contribution in [0.25, 0.3) is 0 Å². The summed E-state index contributed by atoms with van der Waals surface area (Å²) in [6.45, 7) is 4.61. The van der Waals surface area contributed by atoms with Gasteiger partial charge in [-0.25, -0.2) is 0 Å². The van der Waals surface area contributed by atoms with E-state index in [1.54, 1.807) is 20.1 Å². The van der Waals surface area contributed by atoms with Crippen molar-refractivity contribution < 1.29 is 9.53 Å². The molecule has 0 aromatic heterocycles. The van der Waals surface area contributed by atoms with Gasteiger partial charge in [0, 0.05) is 13.7 Å². The lowest BCUT2D eigenvalue weighted by atomic mass is 10.1. The van der Waals surface area contributed by atoms with Gasteiger partial charge in [-0.3, -0.25) is 4.79 Å². The van der Waals surface area contributed by atoms with Crippen LogP contribution in [-0.4, -0.2) is 32.2 Å². The molecule has 0 aliphatic carbocycles. The molecule has 0 bridgehead atoms. The number of nitriles is 1. The van der Waals surface area contributed by atoms with E-state index in [9.17, 15) is 4.79 Å². The van der Waals surface area contributed by atoms with Crippen molar-refractivity contribution in [2.75, 3.05) is 25.6 Å². The maximum atomic E-state index is 11.8. The molecular formula is C14H19N3O2. The molecule has 5 heteroatoms. The molecule has 0 aliphatic rings. The number of nitrogens with one attached hydrogen (secondary N) is 2. The number of ether oxygens (including phenoxy) is 1. The highest BCUT2D eigenvalue weighted by atomic mass is 16.5. The van der Waals surface area contributed by atoms with Crippen LogP contribution >= 0.6 is 0 Å². The summed E-state index contributed by atoms with van der Waals surface area (Å²) in [5.74, 6) is -0.121. The van der Waals surface area contributed by atoms with Crippen LogP contribution in [0.5, 0.6) is 0 Å². The lowest BCUT2D eigenvalue weighted by Gasteiger charge is -2.17. The molecule has 0 saturated heterocycles. The molecule has 1 rings (SSSR count). The molecule has 0 radical (unpaired) electrons. The zero-order chi connectivity index (χ0) is 14.3. The summed E-state index contributed by atoms with van der Waals surface area (Å²) in [5.41, 5.74) is 2.19. The number of nitrogens with zero attached hydrogens (tertiary/aromatic N) is 1. The third kappa shape index (κ3) is 4.27. The molecule has 1 aromatic carbocycles. The van der Waals surface area contributed by atoms with E-state index in [4.69, 9.17) is 10.00 Å². The molecule has 0 aliphatic heterocycles. The fourth-order valence-corrected chi connectivity index (χ4v) is 1.66. The minimum absolute atomic E-state index is 0.121. The number of methoxy groups -OCH3 is 1. The summed E-state index contributed by atoms with van der Waals surface area (Å²) in [6.07, 6.45) is 0. The van der Waals surface area contributed by atoms with Crippen molar-refractivity contribution in [2.45, 2.75) is 19.9 Å². The Hall–Kier alpha value is -2.06. The first-order valence-electron chi connectivity index (χ1n) is 6.13. The van der Waals surface area contributed by atoms with Gasteiger partial charge in [-0.15, -0.1) is 0 Å². The average molecular weight is 261 g/mol. The van der Waals surface area contributed by atoms with Crippen molar-refractivity contribution in [1.29, 1.82) is 5.26 Å². The van der Waals surface area contributed by atoms with Crippen LogP contribution in [0.3, 0.4) is 0 Å². The number of anilines is 1. The third-order valence-corrected chi connectivity index (χ3v) is 2.75. The Morgan fingerprint density at radius 1 is 1.53 bits per heavy atom. The molecule has 1 aromatic rings. The Kier molecular flexibility index (Phi) is 5.83. The van der Waals surface area contributed by atoms with Crippen molar-refractivity contribution >= 4 is 11.6 Å². The van der Waals surface area contributed by atoms with E-state index >= 15 is 0 Å². The van der Waals surface area contributed by atoms with E-state index in [2.05, 4.69) is 16.7 Å². The van der Waals surface area contributed by atoms with Crippen LogP contribution in [0.4, 0.5) is 5.69 Å². The van der Waals surface area contributed by atoms with Gasteiger partial charge in [0.2, 0.25) is 5.91 Å². The fraction of sp³-hybridized carbons (Fsp3) is 0.429. The van der Waals surface area contributed by atoms with Gasteiger partial charge in [0.25, 0.3) is 0 Å². The van der Waals surface area contributed by atoms with Gasteiger partial charge in [-0.2, -0.15) is 5.26 Å². The zero-order valence-corrected chi connectivity index (χ0v) is 11.5. The van der Waals surface area contributed by atoms with Crippen molar-refractivity contribution in [1.82, 2.24) is 5.32 Å². The number of hydrogen-bond acceptors (Lipinski definition) is 4. The number of carbonyl (C=O) groups excluding carboxylic acids is 1. The van der Waals surface area contributed by atoms with E-state index in [-0.39, 0.29) is 5.91 Å². The van der Waals surface area contributed by atoms with E-state index in [1.165, 1.54) is 0 Å². The Morgan fingerprint density at radius 3 is 2.89 bits per heavy atom. The molecule has 5 nitrogen and oxygen atoms in total. The van der Waals surface area contributed by atoms with Crippen molar-refractivity contribution in [3.05, 3.63) is 29.3 Å². The zero-order valence-electron chi connectivity index (χ0n) is 11.5. The van der Waals surface area contributed by atoms with Gasteiger partial charge < -0.3 is 15.4 Å². The highest BCUT2D eigenvalue weighted by Crippen LogP contribution is 2.20. The second-order valence-corrected chi connectivity index (χ2v) is 4.26. The molecule has 2 N–H and O–H groups in total. The first-order valence-corrected chi connectivity index (χ1v) is 6.13. The quantitative estimate of drug-likeness (QED) is 0.760. The monoisotopic (exact) mass is 261 g/mol. The number of hydrogen-bond donors (Lipinski definition) is 2. The van der Waals surface area contributed by atoms with Crippen LogP contribution in [0.2, 0.25) is 0 Å². The molecule has 0 spiro atoms. The number of amides is 1. The molecule has 19 heavy (non-hydrogen) atoms. The normalized spacial score (nSPS) is 11.5. The first-order chi connectivity index (χ1) is 9.10. The predicted octanol–water partition coefficient (Wildman–Crippen LogP) is 1.43. The molecule has 1 atom stereocenters. The summed E-state index contributed by atoms with van der Waals surface area (Å²) >= 11 is 0. The summed E-state index contributed by atoms with van der Waals surface area (Å²) in [5, 5.41) is 14.9.